The van der Waals surface area contributed by atoms with E-state index in [9.17, 15) is 22.8 Å². The molecule has 158 valence electrons. The van der Waals surface area contributed by atoms with Gasteiger partial charge in [0.05, 0.1) is 16.2 Å². The van der Waals surface area contributed by atoms with E-state index in [0.29, 0.717) is 22.7 Å². The molecule has 0 saturated carbocycles. The molecule has 2 aromatic carbocycles. The van der Waals surface area contributed by atoms with E-state index in [1.54, 1.807) is 18.2 Å². The lowest BCUT2D eigenvalue weighted by Crippen LogP contribution is -2.42. The fourth-order valence-corrected chi connectivity index (χ4v) is 4.00. The fourth-order valence-electron chi connectivity index (χ4n) is 2.94. The lowest BCUT2D eigenvalue weighted by atomic mass is 10.1. The number of carbonyl (C=O) groups is 2. The second-order valence-electron chi connectivity index (χ2n) is 6.79. The van der Waals surface area contributed by atoms with Crippen LogP contribution in [0.4, 0.5) is 18.9 Å². The summed E-state index contributed by atoms with van der Waals surface area (Å²) in [6.07, 6.45) is -1.07. The number of hydrogen-bond donors (Lipinski definition) is 1. The molecule has 2 amide bonds. The number of para-hydroxylation sites is 1. The third-order valence-electron chi connectivity index (χ3n) is 4.52. The highest BCUT2D eigenvalue weighted by molar-refractivity contribution is 8.04. The number of halogens is 3. The standard InChI is InChI=1S/C22H21F3N2O2S/c1-2-3-12-26-20(28)14-27-17-6-4-5-7-18(17)30-19(21(27)29)13-15-8-10-16(11-9-15)22(23,24)25/h4-11,13H,2-3,12,14H2,1H3,(H,26,28). The molecule has 1 aliphatic heterocycles. The lowest BCUT2D eigenvalue weighted by molar-refractivity contribution is -0.137. The molecule has 0 radical (unpaired) electrons. The number of unbranched alkanes of at least 4 members (excludes halogenated alkanes) is 1. The van der Waals surface area contributed by atoms with Gasteiger partial charge in [-0.15, -0.1) is 0 Å². The Balaban J connectivity index is 1.86. The molecule has 0 aliphatic carbocycles. The van der Waals surface area contributed by atoms with Crippen LogP contribution in [-0.4, -0.2) is 24.9 Å². The Kier molecular flexibility index (Phi) is 6.87. The molecule has 0 atom stereocenters. The molecule has 1 aliphatic rings. The number of nitrogens with zero attached hydrogens (tertiary/aromatic N) is 1. The Morgan fingerprint density at radius 3 is 2.50 bits per heavy atom. The summed E-state index contributed by atoms with van der Waals surface area (Å²) in [5.41, 5.74) is 0.372. The largest absolute Gasteiger partial charge is 0.416 e. The number of rotatable bonds is 6. The minimum absolute atomic E-state index is 0.121. The first-order chi connectivity index (χ1) is 14.3. The quantitative estimate of drug-likeness (QED) is 0.508. The monoisotopic (exact) mass is 434 g/mol. The van der Waals surface area contributed by atoms with Gasteiger partial charge in [-0.05, 0) is 42.3 Å². The van der Waals surface area contributed by atoms with Crippen LogP contribution in [0.1, 0.15) is 30.9 Å². The molecule has 3 rings (SSSR count). The van der Waals surface area contributed by atoms with Crippen molar-refractivity contribution in [1.29, 1.82) is 0 Å². The predicted molar refractivity (Wildman–Crippen MR) is 112 cm³/mol. The van der Waals surface area contributed by atoms with Gasteiger partial charge in [-0.1, -0.05) is 49.4 Å². The first-order valence-corrected chi connectivity index (χ1v) is 10.4. The van der Waals surface area contributed by atoms with Crippen LogP contribution in [0.5, 0.6) is 0 Å². The van der Waals surface area contributed by atoms with E-state index in [1.165, 1.54) is 28.8 Å². The summed E-state index contributed by atoms with van der Waals surface area (Å²) in [5, 5.41) is 2.80. The van der Waals surface area contributed by atoms with E-state index in [4.69, 9.17) is 0 Å². The Labute approximate surface area is 177 Å². The maximum absolute atomic E-state index is 13.1. The number of anilines is 1. The normalized spacial score (nSPS) is 15.3. The van der Waals surface area contributed by atoms with Crippen LogP contribution < -0.4 is 10.2 Å². The first kappa shape index (κ1) is 22.0. The molecule has 2 aromatic rings. The molecule has 0 spiro atoms. The van der Waals surface area contributed by atoms with Gasteiger partial charge in [0.1, 0.15) is 6.54 Å². The second-order valence-corrected chi connectivity index (χ2v) is 7.88. The maximum Gasteiger partial charge on any atom is 0.416 e. The third kappa shape index (κ3) is 5.24. The van der Waals surface area contributed by atoms with Gasteiger partial charge in [0.2, 0.25) is 5.91 Å². The lowest BCUT2D eigenvalue weighted by Gasteiger charge is -2.29. The Hall–Kier alpha value is -2.74. The molecule has 4 nitrogen and oxygen atoms in total. The molecule has 1 heterocycles. The Bertz CT molecular complexity index is 956. The fraction of sp³-hybridized carbons (Fsp3) is 0.273. The number of fused-ring (bicyclic) bond motifs is 1. The van der Waals surface area contributed by atoms with Crippen molar-refractivity contribution in [3.8, 4) is 0 Å². The van der Waals surface area contributed by atoms with E-state index < -0.39 is 11.7 Å². The van der Waals surface area contributed by atoms with Gasteiger partial charge in [-0.2, -0.15) is 13.2 Å². The number of benzene rings is 2. The van der Waals surface area contributed by atoms with E-state index in [2.05, 4.69) is 5.32 Å². The van der Waals surface area contributed by atoms with Crippen molar-refractivity contribution in [3.05, 3.63) is 64.6 Å². The number of hydrogen-bond acceptors (Lipinski definition) is 3. The number of alkyl halides is 3. The zero-order valence-corrected chi connectivity index (χ0v) is 17.1. The predicted octanol–water partition coefficient (Wildman–Crippen LogP) is 5.10. The van der Waals surface area contributed by atoms with Gasteiger partial charge in [-0.25, -0.2) is 0 Å². The van der Waals surface area contributed by atoms with Crippen LogP contribution in [0.3, 0.4) is 0 Å². The van der Waals surface area contributed by atoms with Crippen LogP contribution in [0.25, 0.3) is 6.08 Å². The summed E-state index contributed by atoms with van der Waals surface area (Å²) in [5.74, 6) is -0.614. The molecule has 8 heteroatoms. The average Bonchev–Trinajstić information content (AvgIpc) is 2.71. The van der Waals surface area contributed by atoms with Gasteiger partial charge in [0, 0.05) is 11.4 Å². The number of amides is 2. The SMILES string of the molecule is CCCCNC(=O)CN1C(=O)C(=Cc2ccc(C(F)(F)F)cc2)Sc2ccccc21. The van der Waals surface area contributed by atoms with Crippen molar-refractivity contribution in [2.75, 3.05) is 18.0 Å². The van der Waals surface area contributed by atoms with Crippen molar-refractivity contribution in [2.24, 2.45) is 0 Å². The Morgan fingerprint density at radius 2 is 1.83 bits per heavy atom. The maximum atomic E-state index is 13.1. The van der Waals surface area contributed by atoms with Crippen LogP contribution in [0.2, 0.25) is 0 Å². The van der Waals surface area contributed by atoms with Gasteiger partial charge in [0.25, 0.3) is 5.91 Å². The summed E-state index contributed by atoms with van der Waals surface area (Å²) in [4.78, 5) is 27.9. The summed E-state index contributed by atoms with van der Waals surface area (Å²) >= 11 is 1.24. The van der Waals surface area contributed by atoms with Crippen molar-refractivity contribution >= 4 is 35.3 Å². The topological polar surface area (TPSA) is 49.4 Å². The van der Waals surface area contributed by atoms with E-state index in [0.717, 1.165) is 29.9 Å². The van der Waals surface area contributed by atoms with Crippen LogP contribution >= 0.6 is 11.8 Å². The number of thioether (sulfide) groups is 1. The van der Waals surface area contributed by atoms with Crippen LogP contribution in [0.15, 0.2) is 58.3 Å². The Morgan fingerprint density at radius 1 is 1.13 bits per heavy atom. The molecule has 0 aromatic heterocycles. The minimum atomic E-state index is -4.41. The zero-order chi connectivity index (χ0) is 21.7. The minimum Gasteiger partial charge on any atom is -0.355 e. The van der Waals surface area contributed by atoms with E-state index in [1.807, 2.05) is 19.1 Å². The summed E-state index contributed by atoms with van der Waals surface area (Å²) in [7, 11) is 0. The molecule has 0 bridgehead atoms. The summed E-state index contributed by atoms with van der Waals surface area (Å²) in [6, 6.07) is 11.9. The average molecular weight is 434 g/mol. The highest BCUT2D eigenvalue weighted by Crippen LogP contribution is 2.42. The van der Waals surface area contributed by atoms with Gasteiger partial charge >= 0.3 is 6.18 Å². The van der Waals surface area contributed by atoms with Gasteiger partial charge < -0.3 is 5.32 Å². The molecule has 30 heavy (non-hydrogen) atoms. The molecule has 0 unspecified atom stereocenters. The third-order valence-corrected chi connectivity index (χ3v) is 5.60. The molecule has 0 fully saturated rings. The van der Waals surface area contributed by atoms with Crippen molar-refractivity contribution < 1.29 is 22.8 Å². The first-order valence-electron chi connectivity index (χ1n) is 9.54. The van der Waals surface area contributed by atoms with Crippen molar-refractivity contribution in [1.82, 2.24) is 5.32 Å². The van der Waals surface area contributed by atoms with Gasteiger partial charge in [0.15, 0.2) is 0 Å². The van der Waals surface area contributed by atoms with Crippen molar-refractivity contribution in [2.45, 2.75) is 30.8 Å². The summed E-state index contributed by atoms with van der Waals surface area (Å²) < 4.78 is 38.3. The molecule has 1 N–H and O–H groups in total. The molecular weight excluding hydrogens is 413 g/mol. The van der Waals surface area contributed by atoms with E-state index in [-0.39, 0.29) is 18.4 Å². The second kappa shape index (κ2) is 9.38. The highest BCUT2D eigenvalue weighted by Gasteiger charge is 2.31. The molecule has 0 saturated heterocycles. The van der Waals surface area contributed by atoms with Crippen LogP contribution in [0, 0.1) is 0 Å². The molecular formula is C22H21F3N2O2S. The number of nitrogens with one attached hydrogen (secondary N) is 1. The zero-order valence-electron chi connectivity index (χ0n) is 16.3. The van der Waals surface area contributed by atoms with Crippen LogP contribution in [-0.2, 0) is 15.8 Å². The summed E-state index contributed by atoms with van der Waals surface area (Å²) in [6.45, 7) is 2.44. The smallest absolute Gasteiger partial charge is 0.355 e. The highest BCUT2D eigenvalue weighted by atomic mass is 32.2. The number of carbonyl (C=O) groups excluding carboxylic acids is 2. The van der Waals surface area contributed by atoms with Gasteiger partial charge in [-0.3, -0.25) is 14.5 Å². The van der Waals surface area contributed by atoms with E-state index >= 15 is 0 Å². The van der Waals surface area contributed by atoms with Crippen molar-refractivity contribution in [3.63, 3.8) is 0 Å².